The summed E-state index contributed by atoms with van der Waals surface area (Å²) in [7, 11) is 0. The van der Waals surface area contributed by atoms with Crippen molar-refractivity contribution in [2.75, 3.05) is 31.1 Å². The summed E-state index contributed by atoms with van der Waals surface area (Å²) in [5, 5.41) is 10.7. The van der Waals surface area contributed by atoms with Gasteiger partial charge in [0.25, 0.3) is 0 Å². The van der Waals surface area contributed by atoms with Crippen molar-refractivity contribution in [3.05, 3.63) is 53.1 Å². The topological polar surface area (TPSA) is 101 Å². The summed E-state index contributed by atoms with van der Waals surface area (Å²) in [6.07, 6.45) is 3.35. The van der Waals surface area contributed by atoms with E-state index in [9.17, 15) is 14.3 Å². The summed E-state index contributed by atoms with van der Waals surface area (Å²) in [6.45, 7) is 3.89. The Morgan fingerprint density at radius 3 is 2.70 bits per heavy atom. The molecule has 1 aromatic carbocycles. The Bertz CT molecular complexity index is 1270. The zero-order valence-electron chi connectivity index (χ0n) is 20.6. The van der Waals surface area contributed by atoms with Gasteiger partial charge in [-0.15, -0.1) is 0 Å². The Balaban J connectivity index is 1.28. The number of halogens is 2. The standard InChI is InChI=1S/C26H29ClFN5O4/c1-26(35)10-5-11-33(16-26)23-19-14-29-22(27)20(28)21(19)30-24(31-23)37-18-8-12-32(13-9-18)25(34)36-15-17-6-3-2-4-7-17/h2-4,6-7,14,18,35H,5,8-13,15-16H2,1H3/t26-/m1/s1. The second-order valence-corrected chi connectivity index (χ2v) is 10.2. The SMILES string of the molecule is C[C@@]1(O)CCCN(c2nc(OC3CCN(C(=O)OCc4ccccc4)CC3)nc3c(F)c(Cl)ncc23)C1. The lowest BCUT2D eigenvalue weighted by molar-refractivity contribution is 0.0445. The van der Waals surface area contributed by atoms with Gasteiger partial charge in [0.05, 0.1) is 11.0 Å². The minimum absolute atomic E-state index is 0.0205. The number of benzene rings is 1. The van der Waals surface area contributed by atoms with Crippen LogP contribution in [0, 0.1) is 5.82 Å². The molecule has 0 radical (unpaired) electrons. The van der Waals surface area contributed by atoms with Gasteiger partial charge in [0.15, 0.2) is 11.0 Å². The van der Waals surface area contributed by atoms with E-state index in [0.717, 1.165) is 12.0 Å². The van der Waals surface area contributed by atoms with E-state index in [4.69, 9.17) is 21.1 Å². The van der Waals surface area contributed by atoms with Gasteiger partial charge >= 0.3 is 12.1 Å². The second kappa shape index (κ2) is 10.6. The fraction of sp³-hybridized carbons (Fsp3) is 0.462. The lowest BCUT2D eigenvalue weighted by atomic mass is 9.95. The first-order valence-corrected chi connectivity index (χ1v) is 12.8. The number of piperidine rings is 2. The van der Waals surface area contributed by atoms with Crippen molar-refractivity contribution in [1.82, 2.24) is 19.9 Å². The van der Waals surface area contributed by atoms with E-state index in [2.05, 4.69) is 15.0 Å². The highest BCUT2D eigenvalue weighted by Gasteiger charge is 2.32. The molecule has 2 fully saturated rings. The minimum atomic E-state index is -0.892. The Hall–Kier alpha value is -3.24. The van der Waals surface area contributed by atoms with Crippen molar-refractivity contribution in [3.63, 3.8) is 0 Å². The summed E-state index contributed by atoms with van der Waals surface area (Å²) >= 11 is 5.94. The van der Waals surface area contributed by atoms with Crippen LogP contribution < -0.4 is 9.64 Å². The van der Waals surface area contributed by atoms with E-state index >= 15 is 0 Å². The lowest BCUT2D eigenvalue weighted by Crippen LogP contribution is -2.46. The van der Waals surface area contributed by atoms with E-state index in [1.165, 1.54) is 6.20 Å². The highest BCUT2D eigenvalue weighted by molar-refractivity contribution is 6.30. The molecule has 2 aliphatic heterocycles. The van der Waals surface area contributed by atoms with E-state index in [-0.39, 0.29) is 35.5 Å². The normalized spacial score (nSPS) is 20.8. The Morgan fingerprint density at radius 1 is 1.22 bits per heavy atom. The number of nitrogens with zero attached hydrogens (tertiary/aromatic N) is 5. The molecular formula is C26H29ClFN5O4. The van der Waals surface area contributed by atoms with Gasteiger partial charge < -0.3 is 24.4 Å². The summed E-state index contributed by atoms with van der Waals surface area (Å²) < 4.78 is 26.4. The number of fused-ring (bicyclic) bond motifs is 1. The van der Waals surface area contributed by atoms with Gasteiger partial charge in [0.1, 0.15) is 24.0 Å². The Morgan fingerprint density at radius 2 is 1.97 bits per heavy atom. The van der Waals surface area contributed by atoms with E-state index in [1.807, 2.05) is 35.2 Å². The van der Waals surface area contributed by atoms with Crippen molar-refractivity contribution in [1.29, 1.82) is 0 Å². The number of β-amino-alcohol motifs (C(OH)–C–C–N with tert-alkyl or cyclic N) is 1. The van der Waals surface area contributed by atoms with E-state index in [1.54, 1.807) is 11.8 Å². The monoisotopic (exact) mass is 529 g/mol. The molecule has 11 heteroatoms. The van der Waals surface area contributed by atoms with Crippen molar-refractivity contribution < 1.29 is 23.8 Å². The maximum absolute atomic E-state index is 14.9. The zero-order valence-corrected chi connectivity index (χ0v) is 21.3. The molecule has 1 amide bonds. The number of rotatable bonds is 5. The summed E-state index contributed by atoms with van der Waals surface area (Å²) in [5.74, 6) is -0.294. The molecule has 196 valence electrons. The average molecular weight is 530 g/mol. The molecule has 37 heavy (non-hydrogen) atoms. The highest BCUT2D eigenvalue weighted by atomic mass is 35.5. The quantitative estimate of drug-likeness (QED) is 0.487. The van der Waals surface area contributed by atoms with Crippen molar-refractivity contribution in [2.45, 2.75) is 50.9 Å². The van der Waals surface area contributed by atoms with Gasteiger partial charge in [-0.1, -0.05) is 41.9 Å². The van der Waals surface area contributed by atoms with Crippen LogP contribution >= 0.6 is 11.6 Å². The molecular weight excluding hydrogens is 501 g/mol. The van der Waals surface area contributed by atoms with Crippen LogP contribution in [0.1, 0.15) is 38.2 Å². The van der Waals surface area contributed by atoms with Crippen LogP contribution in [0.3, 0.4) is 0 Å². The number of hydrogen-bond acceptors (Lipinski definition) is 8. The summed E-state index contributed by atoms with van der Waals surface area (Å²) in [5.41, 5.74) is 0.0555. The molecule has 3 aromatic rings. The summed E-state index contributed by atoms with van der Waals surface area (Å²) in [4.78, 5) is 28.9. The molecule has 0 saturated carbocycles. The summed E-state index contributed by atoms with van der Waals surface area (Å²) in [6, 6.07) is 9.55. The van der Waals surface area contributed by atoms with Gasteiger partial charge in [-0.3, -0.25) is 0 Å². The first-order valence-electron chi connectivity index (χ1n) is 12.4. The third kappa shape index (κ3) is 5.86. The number of ether oxygens (including phenoxy) is 2. The number of anilines is 1. The van der Waals surface area contributed by atoms with Crippen LogP contribution in [0.5, 0.6) is 6.01 Å². The molecule has 4 heterocycles. The molecule has 0 unspecified atom stereocenters. The maximum Gasteiger partial charge on any atom is 0.410 e. The predicted molar refractivity (Wildman–Crippen MR) is 136 cm³/mol. The third-order valence-electron chi connectivity index (χ3n) is 6.75. The number of aromatic nitrogens is 3. The van der Waals surface area contributed by atoms with Gasteiger partial charge in [0, 0.05) is 45.2 Å². The number of pyridine rings is 1. The maximum atomic E-state index is 14.9. The van der Waals surface area contributed by atoms with Gasteiger partial charge in [-0.05, 0) is 25.3 Å². The van der Waals surface area contributed by atoms with Gasteiger partial charge in [0.2, 0.25) is 0 Å². The van der Waals surface area contributed by atoms with E-state index in [0.29, 0.717) is 56.6 Å². The second-order valence-electron chi connectivity index (χ2n) is 9.82. The number of carbonyl (C=O) groups excluding carboxylic acids is 1. The molecule has 0 aliphatic carbocycles. The molecule has 1 atom stereocenters. The van der Waals surface area contributed by atoms with Crippen LogP contribution in [-0.4, -0.2) is 68.9 Å². The third-order valence-corrected chi connectivity index (χ3v) is 7.02. The van der Waals surface area contributed by atoms with Gasteiger partial charge in [-0.2, -0.15) is 9.97 Å². The molecule has 2 aliphatic rings. The molecule has 5 rings (SSSR count). The molecule has 9 nitrogen and oxygen atoms in total. The Kier molecular flexibility index (Phi) is 7.30. The molecule has 0 spiro atoms. The molecule has 2 aromatic heterocycles. The van der Waals surface area contributed by atoms with Crippen molar-refractivity contribution in [2.24, 2.45) is 0 Å². The number of likely N-dealkylation sites (tertiary alicyclic amines) is 1. The van der Waals surface area contributed by atoms with Crippen molar-refractivity contribution in [3.8, 4) is 6.01 Å². The fourth-order valence-electron chi connectivity index (χ4n) is 4.81. The zero-order chi connectivity index (χ0) is 26.0. The first kappa shape index (κ1) is 25.4. The fourth-order valence-corrected chi connectivity index (χ4v) is 4.95. The van der Waals surface area contributed by atoms with Gasteiger partial charge in [-0.25, -0.2) is 14.2 Å². The average Bonchev–Trinajstić information content (AvgIpc) is 2.90. The van der Waals surface area contributed by atoms with Crippen LogP contribution in [0.2, 0.25) is 5.15 Å². The van der Waals surface area contributed by atoms with Crippen LogP contribution in [0.15, 0.2) is 36.5 Å². The largest absolute Gasteiger partial charge is 0.460 e. The number of carbonyl (C=O) groups is 1. The smallest absolute Gasteiger partial charge is 0.410 e. The van der Waals surface area contributed by atoms with Crippen LogP contribution in [0.4, 0.5) is 15.0 Å². The molecule has 2 saturated heterocycles. The predicted octanol–water partition coefficient (Wildman–Crippen LogP) is 4.35. The van der Waals surface area contributed by atoms with Crippen LogP contribution in [-0.2, 0) is 11.3 Å². The Labute approximate surface area is 219 Å². The first-order chi connectivity index (χ1) is 17.8. The van der Waals surface area contributed by atoms with Crippen molar-refractivity contribution >= 4 is 34.4 Å². The molecule has 1 N–H and O–H groups in total. The number of aliphatic hydroxyl groups is 1. The molecule has 0 bridgehead atoms. The van der Waals surface area contributed by atoms with Crippen LogP contribution in [0.25, 0.3) is 10.9 Å². The number of amides is 1. The van der Waals surface area contributed by atoms with E-state index < -0.39 is 11.4 Å². The minimum Gasteiger partial charge on any atom is -0.460 e. The number of hydrogen-bond donors (Lipinski definition) is 1. The highest BCUT2D eigenvalue weighted by Crippen LogP contribution is 2.33. The lowest BCUT2D eigenvalue weighted by Gasteiger charge is -2.38.